The number of rotatable bonds is 6. The summed E-state index contributed by atoms with van der Waals surface area (Å²) in [5, 5.41) is 2.82. The Hall–Kier alpha value is -1.01. The standard InChI is InChI=1S/C15H28N2O/c1-12(2)11-15(18)16-9-7-8-10-17(13(3)4)14(5)6/h12-14H,9-11H2,1-6H3,(H,16,18). The van der Waals surface area contributed by atoms with Crippen LogP contribution < -0.4 is 5.32 Å². The third kappa shape index (κ3) is 8.14. The number of hydrogen-bond donors (Lipinski definition) is 1. The van der Waals surface area contributed by atoms with Crippen molar-refractivity contribution in [3.05, 3.63) is 0 Å². The molecule has 0 saturated carbocycles. The van der Waals surface area contributed by atoms with E-state index in [1.165, 1.54) is 0 Å². The van der Waals surface area contributed by atoms with Gasteiger partial charge in [0.25, 0.3) is 0 Å². The molecule has 104 valence electrons. The lowest BCUT2D eigenvalue weighted by atomic mass is 10.1. The normalized spacial score (nSPS) is 11.0. The molecule has 0 fully saturated rings. The van der Waals surface area contributed by atoms with E-state index >= 15 is 0 Å². The lowest BCUT2D eigenvalue weighted by molar-refractivity contribution is -0.121. The monoisotopic (exact) mass is 252 g/mol. The zero-order valence-electron chi connectivity index (χ0n) is 12.7. The fourth-order valence-corrected chi connectivity index (χ4v) is 1.76. The molecule has 0 aromatic carbocycles. The summed E-state index contributed by atoms with van der Waals surface area (Å²) >= 11 is 0. The summed E-state index contributed by atoms with van der Waals surface area (Å²) in [5.41, 5.74) is 0. The molecule has 0 unspecified atom stereocenters. The molecule has 0 saturated heterocycles. The van der Waals surface area contributed by atoms with Gasteiger partial charge in [-0.1, -0.05) is 25.7 Å². The zero-order chi connectivity index (χ0) is 14.1. The van der Waals surface area contributed by atoms with Crippen LogP contribution in [0.25, 0.3) is 0 Å². The Bertz CT molecular complexity index is 289. The number of amides is 1. The van der Waals surface area contributed by atoms with Crippen molar-refractivity contribution >= 4 is 5.91 Å². The SMILES string of the molecule is CC(C)CC(=O)NCC#CCN(C(C)C)C(C)C. The Morgan fingerprint density at radius 2 is 1.61 bits per heavy atom. The first-order valence-electron chi connectivity index (χ1n) is 6.82. The van der Waals surface area contributed by atoms with Crippen LogP contribution in [-0.2, 0) is 4.79 Å². The summed E-state index contributed by atoms with van der Waals surface area (Å²) in [4.78, 5) is 13.7. The summed E-state index contributed by atoms with van der Waals surface area (Å²) in [6.07, 6.45) is 0.575. The van der Waals surface area contributed by atoms with Crippen LogP contribution >= 0.6 is 0 Å². The van der Waals surface area contributed by atoms with Gasteiger partial charge in [-0.15, -0.1) is 0 Å². The minimum Gasteiger partial charge on any atom is -0.345 e. The molecule has 0 radical (unpaired) electrons. The number of nitrogens with one attached hydrogen (secondary N) is 1. The van der Waals surface area contributed by atoms with E-state index in [2.05, 4.69) is 49.8 Å². The van der Waals surface area contributed by atoms with E-state index in [0.717, 1.165) is 6.54 Å². The molecule has 1 amide bonds. The molecule has 1 N–H and O–H groups in total. The van der Waals surface area contributed by atoms with Gasteiger partial charge < -0.3 is 5.32 Å². The molecule has 3 heteroatoms. The molecule has 0 heterocycles. The quantitative estimate of drug-likeness (QED) is 0.736. The summed E-state index contributed by atoms with van der Waals surface area (Å²) in [6, 6.07) is 0.990. The van der Waals surface area contributed by atoms with Gasteiger partial charge in [-0.05, 0) is 33.6 Å². The van der Waals surface area contributed by atoms with Crippen molar-refractivity contribution in [2.45, 2.75) is 60.0 Å². The van der Waals surface area contributed by atoms with Crippen molar-refractivity contribution in [3.8, 4) is 11.8 Å². The van der Waals surface area contributed by atoms with Gasteiger partial charge in [0, 0.05) is 18.5 Å². The van der Waals surface area contributed by atoms with Gasteiger partial charge in [-0.2, -0.15) is 0 Å². The lowest BCUT2D eigenvalue weighted by Crippen LogP contribution is -2.37. The fraction of sp³-hybridized carbons (Fsp3) is 0.800. The highest BCUT2D eigenvalue weighted by Gasteiger charge is 2.10. The highest BCUT2D eigenvalue weighted by molar-refractivity contribution is 5.76. The van der Waals surface area contributed by atoms with E-state index in [-0.39, 0.29) is 5.91 Å². The third-order valence-corrected chi connectivity index (χ3v) is 2.68. The van der Waals surface area contributed by atoms with Crippen LogP contribution in [0.2, 0.25) is 0 Å². The topological polar surface area (TPSA) is 32.3 Å². The zero-order valence-corrected chi connectivity index (χ0v) is 12.7. The van der Waals surface area contributed by atoms with Crippen LogP contribution in [0.5, 0.6) is 0 Å². The molecule has 0 bridgehead atoms. The highest BCUT2D eigenvalue weighted by Crippen LogP contribution is 2.02. The Labute approximate surface area is 112 Å². The molecule has 0 aromatic heterocycles. The van der Waals surface area contributed by atoms with E-state index in [1.807, 2.05) is 13.8 Å². The van der Waals surface area contributed by atoms with Crippen molar-refractivity contribution in [2.24, 2.45) is 5.92 Å². The lowest BCUT2D eigenvalue weighted by Gasteiger charge is -2.28. The molecule has 0 aliphatic rings. The summed E-state index contributed by atoms with van der Waals surface area (Å²) in [5.74, 6) is 6.61. The maximum Gasteiger partial charge on any atom is 0.221 e. The Kier molecular flexibility index (Phi) is 8.49. The summed E-state index contributed by atoms with van der Waals surface area (Å²) < 4.78 is 0. The number of nitrogens with zero attached hydrogens (tertiary/aromatic N) is 1. The van der Waals surface area contributed by atoms with Crippen LogP contribution in [0.15, 0.2) is 0 Å². The molecule has 18 heavy (non-hydrogen) atoms. The predicted molar refractivity (Wildman–Crippen MR) is 77.2 cm³/mol. The van der Waals surface area contributed by atoms with Crippen LogP contribution in [-0.4, -0.2) is 36.0 Å². The molecular weight excluding hydrogens is 224 g/mol. The Morgan fingerprint density at radius 3 is 2.06 bits per heavy atom. The molecule has 0 aliphatic heterocycles. The molecule has 0 rings (SSSR count). The molecule has 0 atom stereocenters. The van der Waals surface area contributed by atoms with Crippen molar-refractivity contribution in [3.63, 3.8) is 0 Å². The smallest absolute Gasteiger partial charge is 0.221 e. The molecule has 0 spiro atoms. The maximum atomic E-state index is 11.4. The van der Waals surface area contributed by atoms with Gasteiger partial charge >= 0.3 is 0 Å². The molecule has 0 aromatic rings. The van der Waals surface area contributed by atoms with Crippen LogP contribution in [0, 0.1) is 17.8 Å². The second-order valence-electron chi connectivity index (χ2n) is 5.59. The van der Waals surface area contributed by atoms with E-state index in [1.54, 1.807) is 0 Å². The van der Waals surface area contributed by atoms with E-state index in [4.69, 9.17) is 0 Å². The second kappa shape index (κ2) is 8.99. The van der Waals surface area contributed by atoms with Gasteiger partial charge in [-0.3, -0.25) is 9.69 Å². The Morgan fingerprint density at radius 1 is 1.06 bits per heavy atom. The van der Waals surface area contributed by atoms with E-state index in [0.29, 0.717) is 31.0 Å². The first-order valence-corrected chi connectivity index (χ1v) is 6.82. The summed E-state index contributed by atoms with van der Waals surface area (Å²) in [7, 11) is 0. The largest absolute Gasteiger partial charge is 0.345 e. The first kappa shape index (κ1) is 17.0. The molecule has 3 nitrogen and oxygen atoms in total. The van der Waals surface area contributed by atoms with Crippen molar-refractivity contribution in [1.82, 2.24) is 10.2 Å². The fourth-order valence-electron chi connectivity index (χ4n) is 1.76. The first-order chi connectivity index (χ1) is 8.34. The van der Waals surface area contributed by atoms with Crippen molar-refractivity contribution in [2.75, 3.05) is 13.1 Å². The van der Waals surface area contributed by atoms with Gasteiger partial charge in [0.05, 0.1) is 13.1 Å². The van der Waals surface area contributed by atoms with Gasteiger partial charge in [0.2, 0.25) is 5.91 Å². The van der Waals surface area contributed by atoms with E-state index < -0.39 is 0 Å². The summed E-state index contributed by atoms with van der Waals surface area (Å²) in [6.45, 7) is 14.0. The van der Waals surface area contributed by atoms with Crippen molar-refractivity contribution in [1.29, 1.82) is 0 Å². The minimum atomic E-state index is 0.0869. The van der Waals surface area contributed by atoms with E-state index in [9.17, 15) is 4.79 Å². The van der Waals surface area contributed by atoms with Crippen molar-refractivity contribution < 1.29 is 4.79 Å². The van der Waals surface area contributed by atoms with Crippen LogP contribution in [0.4, 0.5) is 0 Å². The van der Waals surface area contributed by atoms with Gasteiger partial charge in [-0.25, -0.2) is 0 Å². The second-order valence-corrected chi connectivity index (χ2v) is 5.59. The average Bonchev–Trinajstić information content (AvgIpc) is 2.20. The number of hydrogen-bond acceptors (Lipinski definition) is 2. The number of carbonyl (C=O) groups is 1. The molecule has 0 aliphatic carbocycles. The van der Waals surface area contributed by atoms with Gasteiger partial charge in [0.1, 0.15) is 0 Å². The van der Waals surface area contributed by atoms with Gasteiger partial charge in [0.15, 0.2) is 0 Å². The third-order valence-electron chi connectivity index (χ3n) is 2.68. The Balaban J connectivity index is 3.94. The highest BCUT2D eigenvalue weighted by atomic mass is 16.1. The van der Waals surface area contributed by atoms with Crippen LogP contribution in [0.3, 0.4) is 0 Å². The predicted octanol–water partition coefficient (Wildman–Crippen LogP) is 2.27. The average molecular weight is 252 g/mol. The number of carbonyl (C=O) groups excluding carboxylic acids is 1. The maximum absolute atomic E-state index is 11.4. The molecular formula is C15H28N2O. The van der Waals surface area contributed by atoms with Crippen LogP contribution in [0.1, 0.15) is 48.0 Å². The minimum absolute atomic E-state index is 0.0869.